The van der Waals surface area contributed by atoms with Crippen LogP contribution in [-0.2, 0) is 0 Å². The summed E-state index contributed by atoms with van der Waals surface area (Å²) in [5.74, 6) is 0. The van der Waals surface area contributed by atoms with Crippen molar-refractivity contribution in [2.75, 3.05) is 0 Å². The van der Waals surface area contributed by atoms with Gasteiger partial charge in [0, 0.05) is 43.8 Å². The second-order valence-corrected chi connectivity index (χ2v) is 13.1. The molecular weight excluding hydrogens is 772 g/mol. The molecule has 20 heteroatoms. The lowest BCUT2D eigenvalue weighted by atomic mass is 9.31. The van der Waals surface area contributed by atoms with Crippen molar-refractivity contribution < 1.29 is 0 Å². The first kappa shape index (κ1) is 40.4. The Kier molecular flexibility index (Phi) is 10.2. The molecule has 0 N–H and O–H groups in total. The summed E-state index contributed by atoms with van der Waals surface area (Å²) in [5.41, 5.74) is -7.07. The lowest BCUT2D eigenvalue weighted by molar-refractivity contribution is 1.42. The first-order valence-electron chi connectivity index (χ1n) is 17.1. The predicted octanol–water partition coefficient (Wildman–Crippen LogP) is 0.765. The van der Waals surface area contributed by atoms with Crippen LogP contribution in [0.2, 0.25) is 0 Å². The Labute approximate surface area is 352 Å². The molecular formula is C42H4B4N16. The number of nitriles is 16. The summed E-state index contributed by atoms with van der Waals surface area (Å²) in [5, 5.41) is 165. The molecule has 0 saturated carbocycles. The Morgan fingerprint density at radius 1 is 0.226 bits per heavy atom. The third-order valence-corrected chi connectivity index (χ3v) is 10.8. The van der Waals surface area contributed by atoms with Gasteiger partial charge in [0.25, 0.3) is 26.9 Å². The number of fused-ring (bicyclic) bond motifs is 1. The zero-order valence-corrected chi connectivity index (χ0v) is 30.8. The topological polar surface area (TPSA) is 381 Å². The fraction of sp³-hybridized carbons (Fsp3) is 0. The van der Waals surface area contributed by atoms with Gasteiger partial charge in [0.2, 0.25) is 0 Å². The summed E-state index contributed by atoms with van der Waals surface area (Å²) in [6.07, 6.45) is 0. The van der Waals surface area contributed by atoms with Gasteiger partial charge in [0.1, 0.15) is 48.6 Å². The number of hydrogen-bond acceptors (Lipinski definition) is 16. The molecule has 6 rings (SSSR count). The second-order valence-electron chi connectivity index (χ2n) is 13.1. The fourth-order valence-electron chi connectivity index (χ4n) is 8.37. The first-order valence-corrected chi connectivity index (χ1v) is 17.1. The van der Waals surface area contributed by atoms with Crippen LogP contribution < -0.4 is 21.9 Å². The van der Waals surface area contributed by atoms with Gasteiger partial charge in [-0.2, -0.15) is 84.2 Å². The SMILES string of the molecule is N#CC1=C(C#N)C(C#N)=C(C#N)B1c1cc(B2C(C#N)=C(C#N)C(C#N)=C2C#N)c2cc(B3C(C#N)=C(C#N)C(C#N)=C3C#N)cc(B3C(C#N)=C(C#N)C(C#N)=C3C#N)c2c1. The molecule has 0 atom stereocenters. The Hall–Kier alpha value is -11.3. The summed E-state index contributed by atoms with van der Waals surface area (Å²) >= 11 is 0. The maximum atomic E-state index is 10.5. The molecule has 62 heavy (non-hydrogen) atoms. The van der Waals surface area contributed by atoms with Crippen molar-refractivity contribution in [1.29, 1.82) is 84.2 Å². The molecule has 0 aromatic heterocycles. The number of hydrogen-bond donors (Lipinski definition) is 0. The van der Waals surface area contributed by atoms with E-state index in [2.05, 4.69) is 0 Å². The van der Waals surface area contributed by atoms with E-state index in [1.807, 2.05) is 48.6 Å². The van der Waals surface area contributed by atoms with Crippen molar-refractivity contribution >= 4 is 59.5 Å². The number of allylic oxidation sites excluding steroid dienone is 16. The minimum absolute atomic E-state index is 0.0378. The zero-order chi connectivity index (χ0) is 45.2. The van der Waals surface area contributed by atoms with Crippen LogP contribution in [-0.4, -0.2) is 26.9 Å². The standard InChI is InChI=1S/C42H4B4N16/c47-5-25-26(6-48)36(14-56)43(35(25)13-55)21-1-23-24(34(3-21)46-41(19-61)31(11-53)32(12-54)42(46)20-62)2-22(44-37(15-57)27(7-49)28(8-50)38(44)16-58)4-33(23)45-39(17-59)29(9-51)30(10-52)40(45)18-60/h1-4H. The van der Waals surface area contributed by atoms with Gasteiger partial charge in [-0.25, -0.2) is 0 Å². The van der Waals surface area contributed by atoms with Crippen molar-refractivity contribution in [3.63, 3.8) is 0 Å². The van der Waals surface area contributed by atoms with E-state index in [4.69, 9.17) is 0 Å². The molecule has 4 aliphatic heterocycles. The van der Waals surface area contributed by atoms with E-state index in [0.717, 1.165) is 0 Å². The Morgan fingerprint density at radius 3 is 0.565 bits per heavy atom. The summed E-state index contributed by atoms with van der Waals surface area (Å²) < 4.78 is 0. The molecule has 2 aromatic rings. The second kappa shape index (κ2) is 15.7. The summed E-state index contributed by atoms with van der Waals surface area (Å²) in [6.45, 7) is -6.16. The summed E-state index contributed by atoms with van der Waals surface area (Å²) in [6, 6.07) is 34.6. The van der Waals surface area contributed by atoms with Crippen LogP contribution in [0.4, 0.5) is 0 Å². The third kappa shape index (κ3) is 5.30. The number of nitrogens with zero attached hydrogens (tertiary/aromatic N) is 16. The van der Waals surface area contributed by atoms with Gasteiger partial charge >= 0.3 is 0 Å². The average molecular weight is 776 g/mol. The van der Waals surface area contributed by atoms with E-state index >= 15 is 0 Å². The number of benzene rings is 2. The van der Waals surface area contributed by atoms with Crippen molar-refractivity contribution in [1.82, 2.24) is 0 Å². The van der Waals surface area contributed by atoms with Crippen molar-refractivity contribution in [2.45, 2.75) is 0 Å². The Bertz CT molecular complexity index is 3240. The van der Waals surface area contributed by atoms with Crippen molar-refractivity contribution in [3.05, 3.63) is 113 Å². The molecule has 2 aromatic carbocycles. The molecule has 0 unspecified atom stereocenters. The lowest BCUT2D eigenvalue weighted by Gasteiger charge is -2.23. The molecule has 0 fully saturated rings. The van der Waals surface area contributed by atoms with Gasteiger partial charge in [-0.3, -0.25) is 0 Å². The smallest absolute Gasteiger partial charge is 0.194 e. The van der Waals surface area contributed by atoms with E-state index in [1.54, 1.807) is 48.6 Å². The summed E-state index contributed by atoms with van der Waals surface area (Å²) in [7, 11) is 0. The predicted molar refractivity (Wildman–Crippen MR) is 212 cm³/mol. The zero-order valence-electron chi connectivity index (χ0n) is 30.8. The minimum atomic E-state index is -1.59. The highest BCUT2D eigenvalue weighted by molar-refractivity contribution is 6.96. The van der Waals surface area contributed by atoms with Gasteiger partial charge in [-0.15, -0.1) is 0 Å². The van der Waals surface area contributed by atoms with Crippen LogP contribution in [0.25, 0.3) is 10.8 Å². The van der Waals surface area contributed by atoms with Crippen LogP contribution in [0.15, 0.2) is 113 Å². The van der Waals surface area contributed by atoms with Gasteiger partial charge in [-0.1, -0.05) is 46.1 Å². The number of rotatable bonds is 4. The minimum Gasteiger partial charge on any atom is -0.194 e. The normalized spacial score (nSPS) is 15.2. The highest BCUT2D eigenvalue weighted by Crippen LogP contribution is 2.37. The van der Waals surface area contributed by atoms with E-state index in [0.29, 0.717) is 0 Å². The maximum absolute atomic E-state index is 10.5. The molecule has 0 aliphatic carbocycles. The van der Waals surface area contributed by atoms with Crippen LogP contribution in [0.1, 0.15) is 0 Å². The molecule has 0 amide bonds. The molecule has 0 saturated heterocycles. The molecule has 4 aliphatic rings. The lowest BCUT2D eigenvalue weighted by Crippen LogP contribution is -2.45. The Morgan fingerprint density at radius 2 is 0.403 bits per heavy atom. The van der Waals surface area contributed by atoms with Crippen LogP contribution in [0.3, 0.4) is 0 Å². The highest BCUT2D eigenvalue weighted by atomic mass is 14.4. The van der Waals surface area contributed by atoms with Crippen molar-refractivity contribution in [3.8, 4) is 97.1 Å². The van der Waals surface area contributed by atoms with Crippen LogP contribution in [0, 0.1) is 181 Å². The molecule has 0 bridgehead atoms. The van der Waals surface area contributed by atoms with E-state index in [-0.39, 0.29) is 54.5 Å². The third-order valence-electron chi connectivity index (χ3n) is 10.8. The van der Waals surface area contributed by atoms with Crippen LogP contribution in [0.5, 0.6) is 0 Å². The van der Waals surface area contributed by atoms with Gasteiger partial charge < -0.3 is 0 Å². The fourth-order valence-corrected chi connectivity index (χ4v) is 8.37. The maximum Gasteiger partial charge on any atom is 0.272 e. The van der Waals surface area contributed by atoms with Gasteiger partial charge in [-0.05, 0) is 10.8 Å². The van der Waals surface area contributed by atoms with E-state index < -0.39 is 93.3 Å². The van der Waals surface area contributed by atoms with Crippen molar-refractivity contribution in [2.24, 2.45) is 0 Å². The van der Waals surface area contributed by atoms with Crippen LogP contribution >= 0.6 is 0 Å². The van der Waals surface area contributed by atoms with E-state index in [9.17, 15) is 84.2 Å². The molecule has 4 heterocycles. The molecule has 264 valence electrons. The molecule has 0 spiro atoms. The van der Waals surface area contributed by atoms with E-state index in [1.165, 1.54) is 24.3 Å². The largest absolute Gasteiger partial charge is 0.272 e. The summed E-state index contributed by atoms with van der Waals surface area (Å²) in [4.78, 5) is 0. The van der Waals surface area contributed by atoms with Gasteiger partial charge in [0.05, 0.1) is 93.1 Å². The average Bonchev–Trinajstić information content (AvgIpc) is 4.02. The Balaban J connectivity index is 1.97. The molecule has 16 nitrogen and oxygen atoms in total. The first-order chi connectivity index (χ1) is 30.1. The quantitative estimate of drug-likeness (QED) is 0.387. The van der Waals surface area contributed by atoms with Gasteiger partial charge in [0.15, 0.2) is 0 Å². The highest BCUT2D eigenvalue weighted by Gasteiger charge is 2.47. The monoisotopic (exact) mass is 776 g/mol. The molecule has 0 radical (unpaired) electrons.